The second-order valence-corrected chi connectivity index (χ2v) is 10.7. The van der Waals surface area contributed by atoms with Gasteiger partial charge in [-0.2, -0.15) is 0 Å². The molecule has 0 bridgehead atoms. The molecule has 2 heterocycles. The Hall–Kier alpha value is -2.71. The zero-order valence-corrected chi connectivity index (χ0v) is 19.4. The fourth-order valence-corrected chi connectivity index (χ4v) is 5.03. The highest BCUT2D eigenvalue weighted by atomic mass is 32.2. The van der Waals surface area contributed by atoms with Crippen molar-refractivity contribution < 1.29 is 23.8 Å². The number of benzene rings is 2. The Bertz CT molecular complexity index is 1210. The van der Waals surface area contributed by atoms with E-state index in [2.05, 4.69) is 5.32 Å². The summed E-state index contributed by atoms with van der Waals surface area (Å²) in [5.74, 6) is -0.192. The second kappa shape index (κ2) is 8.33. The number of rotatable bonds is 5. The van der Waals surface area contributed by atoms with Crippen LogP contribution in [0.5, 0.6) is 11.5 Å². The molecule has 2 atom stereocenters. The van der Waals surface area contributed by atoms with Crippen LogP contribution in [0.15, 0.2) is 47.5 Å². The number of ether oxygens (including phenoxy) is 1. The molecule has 2 aromatic carbocycles. The summed E-state index contributed by atoms with van der Waals surface area (Å²) in [5, 5.41) is 3.23. The molecule has 32 heavy (non-hydrogen) atoms. The Morgan fingerprint density at radius 1 is 1.22 bits per heavy atom. The molecule has 2 aliphatic rings. The number of carbonyl (C=O) groups excluding carboxylic acids is 1. The van der Waals surface area contributed by atoms with Gasteiger partial charge in [0.25, 0.3) is 0 Å². The molecule has 0 radical (unpaired) electrons. The summed E-state index contributed by atoms with van der Waals surface area (Å²) in [5.41, 5.74) is 1.88. The SMILES string of the molecule is CC(C)c1cccc(Oc2ccc(S(C)(=O)=O)cc2C2=CN(C)C(=O)C3NCCC23)c1F.[HH]. The van der Waals surface area contributed by atoms with Crippen LogP contribution in [0, 0.1) is 11.7 Å². The number of nitrogens with zero attached hydrogens (tertiary/aromatic N) is 1. The lowest BCUT2D eigenvalue weighted by Gasteiger charge is -2.32. The molecule has 0 aliphatic carbocycles. The lowest BCUT2D eigenvalue weighted by Crippen LogP contribution is -2.46. The van der Waals surface area contributed by atoms with Crippen LogP contribution in [-0.2, 0) is 14.6 Å². The van der Waals surface area contributed by atoms with Crippen LogP contribution in [0.3, 0.4) is 0 Å². The van der Waals surface area contributed by atoms with Crippen molar-refractivity contribution in [2.75, 3.05) is 19.8 Å². The van der Waals surface area contributed by atoms with E-state index in [4.69, 9.17) is 4.74 Å². The van der Waals surface area contributed by atoms with E-state index in [1.54, 1.807) is 43.6 Å². The van der Waals surface area contributed by atoms with Crippen LogP contribution >= 0.6 is 0 Å². The molecule has 1 saturated heterocycles. The third-order valence-electron chi connectivity index (χ3n) is 6.09. The van der Waals surface area contributed by atoms with Crippen molar-refractivity contribution in [2.24, 2.45) is 5.92 Å². The monoisotopic (exact) mass is 460 g/mol. The summed E-state index contributed by atoms with van der Waals surface area (Å²) in [6.45, 7) is 4.49. The molecule has 172 valence electrons. The van der Waals surface area contributed by atoms with Gasteiger partial charge in [0.05, 0.1) is 10.9 Å². The Balaban J connectivity index is 0.00000306. The third kappa shape index (κ3) is 4.04. The van der Waals surface area contributed by atoms with Crippen molar-refractivity contribution in [3.8, 4) is 11.5 Å². The number of halogens is 1. The lowest BCUT2D eigenvalue weighted by molar-refractivity contribution is -0.130. The minimum atomic E-state index is -3.48. The van der Waals surface area contributed by atoms with Gasteiger partial charge in [-0.3, -0.25) is 4.79 Å². The Labute approximate surface area is 189 Å². The highest BCUT2D eigenvalue weighted by Crippen LogP contribution is 2.42. The molecule has 1 N–H and O–H groups in total. The average molecular weight is 461 g/mol. The van der Waals surface area contributed by atoms with E-state index in [0.717, 1.165) is 18.2 Å². The van der Waals surface area contributed by atoms with Gasteiger partial charge in [-0.25, -0.2) is 12.8 Å². The minimum Gasteiger partial charge on any atom is -0.454 e. The first-order valence-electron chi connectivity index (χ1n) is 10.6. The first-order valence-corrected chi connectivity index (χ1v) is 12.5. The van der Waals surface area contributed by atoms with E-state index in [1.165, 1.54) is 11.0 Å². The smallest absolute Gasteiger partial charge is 0.244 e. The number of sulfone groups is 1. The molecular weight excluding hydrogens is 431 g/mol. The molecular formula is C24H29FN2O4S. The molecule has 1 fully saturated rings. The van der Waals surface area contributed by atoms with Crippen molar-refractivity contribution in [1.82, 2.24) is 10.2 Å². The van der Waals surface area contributed by atoms with Crippen LogP contribution in [0.25, 0.3) is 5.57 Å². The Kier molecular flexibility index (Phi) is 5.85. The number of nitrogens with one attached hydrogen (secondary N) is 1. The molecule has 2 aromatic rings. The minimum absolute atomic E-state index is 0. The normalized spacial score (nSPS) is 21.0. The quantitative estimate of drug-likeness (QED) is 0.724. The lowest BCUT2D eigenvalue weighted by atomic mass is 9.84. The first kappa shape index (κ1) is 22.5. The van der Waals surface area contributed by atoms with Crippen LogP contribution in [0.4, 0.5) is 4.39 Å². The maximum Gasteiger partial charge on any atom is 0.244 e. The molecule has 0 spiro atoms. The van der Waals surface area contributed by atoms with Gasteiger partial charge in [-0.15, -0.1) is 0 Å². The Morgan fingerprint density at radius 2 is 1.97 bits per heavy atom. The van der Waals surface area contributed by atoms with Crippen LogP contribution in [-0.4, -0.2) is 45.1 Å². The van der Waals surface area contributed by atoms with Crippen molar-refractivity contribution in [2.45, 2.75) is 37.1 Å². The number of hydrogen-bond donors (Lipinski definition) is 1. The van der Waals surface area contributed by atoms with Crippen molar-refractivity contribution in [3.05, 3.63) is 59.5 Å². The summed E-state index contributed by atoms with van der Waals surface area (Å²) >= 11 is 0. The fraction of sp³-hybridized carbons (Fsp3) is 0.375. The highest BCUT2D eigenvalue weighted by Gasteiger charge is 2.41. The summed E-state index contributed by atoms with van der Waals surface area (Å²) in [7, 11) is -1.81. The molecule has 6 nitrogen and oxygen atoms in total. The molecule has 0 aromatic heterocycles. The molecule has 2 aliphatic heterocycles. The maximum atomic E-state index is 15.1. The van der Waals surface area contributed by atoms with Crippen molar-refractivity contribution >= 4 is 21.3 Å². The largest absolute Gasteiger partial charge is 0.454 e. The maximum absolute atomic E-state index is 15.1. The summed E-state index contributed by atoms with van der Waals surface area (Å²) < 4.78 is 45.6. The van der Waals surface area contributed by atoms with Gasteiger partial charge >= 0.3 is 0 Å². The van der Waals surface area contributed by atoms with E-state index in [-0.39, 0.29) is 35.9 Å². The van der Waals surface area contributed by atoms with Crippen molar-refractivity contribution in [3.63, 3.8) is 0 Å². The number of fused-ring (bicyclic) bond motifs is 1. The standard InChI is InChI=1S/C24H27FN2O4S.H2/c1-14(2)16-6-5-7-21(22(16)25)31-20-9-8-15(32(4,29)30)12-18(20)19-13-27(3)24(28)23-17(19)10-11-26-23;/h5-9,12-14,17,23,26H,10-11H2,1-4H3;1H. The molecule has 2 unspecified atom stereocenters. The van der Waals surface area contributed by atoms with Crippen molar-refractivity contribution in [1.29, 1.82) is 0 Å². The van der Waals surface area contributed by atoms with Crippen LogP contribution < -0.4 is 10.1 Å². The van der Waals surface area contributed by atoms with E-state index in [9.17, 15) is 13.2 Å². The number of hydrogen-bond acceptors (Lipinski definition) is 5. The van der Waals surface area contributed by atoms with Gasteiger partial charge < -0.3 is 15.0 Å². The summed E-state index contributed by atoms with van der Waals surface area (Å²) in [6, 6.07) is 9.21. The predicted octanol–water partition coefficient (Wildman–Crippen LogP) is 4.18. The van der Waals surface area contributed by atoms with E-state index < -0.39 is 15.7 Å². The summed E-state index contributed by atoms with van der Waals surface area (Å²) in [4.78, 5) is 14.2. The van der Waals surface area contributed by atoms with Crippen LogP contribution in [0.2, 0.25) is 0 Å². The van der Waals surface area contributed by atoms with E-state index in [1.807, 2.05) is 13.8 Å². The first-order chi connectivity index (χ1) is 15.1. The fourth-order valence-electron chi connectivity index (χ4n) is 4.38. The number of amides is 1. The second-order valence-electron chi connectivity index (χ2n) is 8.71. The zero-order valence-electron chi connectivity index (χ0n) is 18.6. The van der Waals surface area contributed by atoms with Gasteiger partial charge in [0.15, 0.2) is 21.4 Å². The molecule has 1 amide bonds. The molecule has 4 rings (SSSR count). The van der Waals surface area contributed by atoms with Crippen LogP contribution in [0.1, 0.15) is 38.7 Å². The zero-order chi connectivity index (χ0) is 23.2. The number of carbonyl (C=O) groups is 1. The topological polar surface area (TPSA) is 75.7 Å². The highest BCUT2D eigenvalue weighted by molar-refractivity contribution is 7.90. The van der Waals surface area contributed by atoms with Gasteiger partial charge in [0.1, 0.15) is 5.75 Å². The molecule has 0 saturated carbocycles. The van der Waals surface area contributed by atoms with E-state index in [0.29, 0.717) is 23.4 Å². The van der Waals surface area contributed by atoms with Gasteiger partial charge in [-0.05, 0) is 54.3 Å². The number of likely N-dealkylation sites (N-methyl/N-ethyl adjacent to an activating group) is 1. The van der Waals surface area contributed by atoms with Gasteiger partial charge in [0, 0.05) is 32.4 Å². The predicted molar refractivity (Wildman–Crippen MR) is 123 cm³/mol. The van der Waals surface area contributed by atoms with Gasteiger partial charge in [0.2, 0.25) is 5.91 Å². The third-order valence-corrected chi connectivity index (χ3v) is 7.20. The average Bonchev–Trinajstić information content (AvgIpc) is 3.22. The Morgan fingerprint density at radius 3 is 2.66 bits per heavy atom. The molecule has 8 heteroatoms. The van der Waals surface area contributed by atoms with E-state index >= 15 is 4.39 Å². The summed E-state index contributed by atoms with van der Waals surface area (Å²) in [6.07, 6.45) is 3.60. The van der Waals surface area contributed by atoms with Gasteiger partial charge in [-0.1, -0.05) is 26.0 Å².